The van der Waals surface area contributed by atoms with Gasteiger partial charge in [0.25, 0.3) is 0 Å². The molecule has 0 aliphatic heterocycles. The third-order valence-corrected chi connectivity index (χ3v) is 3.08. The summed E-state index contributed by atoms with van der Waals surface area (Å²) < 4.78 is 5.15. The van der Waals surface area contributed by atoms with E-state index in [1.807, 2.05) is 26.0 Å². The molecule has 0 fully saturated rings. The summed E-state index contributed by atoms with van der Waals surface area (Å²) in [7, 11) is 0. The van der Waals surface area contributed by atoms with Crippen molar-refractivity contribution in [3.63, 3.8) is 0 Å². The average Bonchev–Trinajstić information content (AvgIpc) is 2.35. The summed E-state index contributed by atoms with van der Waals surface area (Å²) in [5.41, 5.74) is 6.67. The van der Waals surface area contributed by atoms with Crippen LogP contribution in [-0.4, -0.2) is 12.0 Å². The quantitative estimate of drug-likeness (QED) is 0.823. The van der Waals surface area contributed by atoms with Gasteiger partial charge in [-0.3, -0.25) is 4.79 Å². The van der Waals surface area contributed by atoms with E-state index in [0.29, 0.717) is 5.02 Å². The summed E-state index contributed by atoms with van der Waals surface area (Å²) in [6, 6.07) is 6.63. The molecular weight excluding hydrogens is 238 g/mol. The number of esters is 1. The number of benzene rings is 1. The standard InChI is InChI=1S/C13H18ClNO2/c1-3-9(2)12(15)13(16)17-8-10-4-6-11(14)7-5-10/h4-7,9,12H,3,8,15H2,1-2H3. The molecule has 2 unspecified atom stereocenters. The predicted molar refractivity (Wildman–Crippen MR) is 68.7 cm³/mol. The highest BCUT2D eigenvalue weighted by Gasteiger charge is 2.20. The van der Waals surface area contributed by atoms with Crippen LogP contribution in [0, 0.1) is 5.92 Å². The SMILES string of the molecule is CCC(C)C(N)C(=O)OCc1ccc(Cl)cc1. The molecule has 0 aromatic heterocycles. The normalized spacial score (nSPS) is 14.1. The number of halogens is 1. The monoisotopic (exact) mass is 255 g/mol. The lowest BCUT2D eigenvalue weighted by atomic mass is 10.0. The van der Waals surface area contributed by atoms with Crippen molar-refractivity contribution in [3.8, 4) is 0 Å². The van der Waals surface area contributed by atoms with Crippen LogP contribution in [0.3, 0.4) is 0 Å². The highest BCUT2D eigenvalue weighted by molar-refractivity contribution is 6.30. The summed E-state index contributed by atoms with van der Waals surface area (Å²) in [5, 5.41) is 0.663. The summed E-state index contributed by atoms with van der Waals surface area (Å²) >= 11 is 5.76. The average molecular weight is 256 g/mol. The van der Waals surface area contributed by atoms with Crippen molar-refractivity contribution < 1.29 is 9.53 Å². The first-order chi connectivity index (χ1) is 8.04. The van der Waals surface area contributed by atoms with Crippen molar-refractivity contribution in [3.05, 3.63) is 34.9 Å². The molecule has 0 radical (unpaired) electrons. The third kappa shape index (κ3) is 4.36. The lowest BCUT2D eigenvalue weighted by molar-refractivity contribution is -0.147. The van der Waals surface area contributed by atoms with Gasteiger partial charge in [-0.25, -0.2) is 0 Å². The molecule has 1 aromatic carbocycles. The molecule has 2 atom stereocenters. The fourth-order valence-electron chi connectivity index (χ4n) is 1.32. The summed E-state index contributed by atoms with van der Waals surface area (Å²) in [5.74, 6) is -0.220. The fourth-order valence-corrected chi connectivity index (χ4v) is 1.44. The van der Waals surface area contributed by atoms with Crippen molar-refractivity contribution in [2.75, 3.05) is 0 Å². The van der Waals surface area contributed by atoms with Crippen LogP contribution < -0.4 is 5.73 Å². The number of ether oxygens (including phenoxy) is 1. The van der Waals surface area contributed by atoms with Gasteiger partial charge in [0.2, 0.25) is 0 Å². The smallest absolute Gasteiger partial charge is 0.323 e. The molecule has 1 aromatic rings. The number of hydrogen-bond acceptors (Lipinski definition) is 3. The van der Waals surface area contributed by atoms with E-state index >= 15 is 0 Å². The van der Waals surface area contributed by atoms with Gasteiger partial charge in [0, 0.05) is 5.02 Å². The van der Waals surface area contributed by atoms with E-state index in [4.69, 9.17) is 22.1 Å². The molecular formula is C13H18ClNO2. The van der Waals surface area contributed by atoms with Gasteiger partial charge in [0.1, 0.15) is 12.6 Å². The molecule has 0 bridgehead atoms. The van der Waals surface area contributed by atoms with Crippen molar-refractivity contribution in [1.82, 2.24) is 0 Å². The summed E-state index contributed by atoms with van der Waals surface area (Å²) in [6.07, 6.45) is 0.858. The fraction of sp³-hybridized carbons (Fsp3) is 0.462. The lowest BCUT2D eigenvalue weighted by Crippen LogP contribution is -2.37. The largest absolute Gasteiger partial charge is 0.460 e. The topological polar surface area (TPSA) is 52.3 Å². The number of carbonyl (C=O) groups is 1. The van der Waals surface area contributed by atoms with Crippen molar-refractivity contribution in [2.45, 2.75) is 32.9 Å². The molecule has 94 valence electrons. The third-order valence-electron chi connectivity index (χ3n) is 2.82. The van der Waals surface area contributed by atoms with Gasteiger partial charge in [-0.15, -0.1) is 0 Å². The molecule has 0 heterocycles. The maximum Gasteiger partial charge on any atom is 0.323 e. The summed E-state index contributed by atoms with van der Waals surface area (Å²) in [4.78, 5) is 11.6. The second-order valence-corrected chi connectivity index (χ2v) is 4.58. The van der Waals surface area contributed by atoms with Crippen molar-refractivity contribution in [2.24, 2.45) is 11.7 Å². The first-order valence-electron chi connectivity index (χ1n) is 5.71. The molecule has 4 heteroatoms. The second-order valence-electron chi connectivity index (χ2n) is 4.15. The van der Waals surface area contributed by atoms with Crippen LogP contribution in [0.5, 0.6) is 0 Å². The predicted octanol–water partition coefficient (Wildman–Crippen LogP) is 2.76. The van der Waals surface area contributed by atoms with Gasteiger partial charge in [-0.05, 0) is 23.6 Å². The van der Waals surface area contributed by atoms with E-state index < -0.39 is 6.04 Å². The maximum absolute atomic E-state index is 11.6. The second kappa shape index (κ2) is 6.62. The van der Waals surface area contributed by atoms with Gasteiger partial charge < -0.3 is 10.5 Å². The van der Waals surface area contributed by atoms with E-state index in [-0.39, 0.29) is 18.5 Å². The van der Waals surface area contributed by atoms with Crippen LogP contribution in [0.4, 0.5) is 0 Å². The van der Waals surface area contributed by atoms with Gasteiger partial charge >= 0.3 is 5.97 Å². The van der Waals surface area contributed by atoms with Crippen LogP contribution in [0.15, 0.2) is 24.3 Å². The zero-order chi connectivity index (χ0) is 12.8. The zero-order valence-corrected chi connectivity index (χ0v) is 10.9. The molecule has 0 aliphatic rings. The minimum atomic E-state index is -0.549. The first-order valence-corrected chi connectivity index (χ1v) is 6.09. The molecule has 0 spiro atoms. The van der Waals surface area contributed by atoms with E-state index in [0.717, 1.165) is 12.0 Å². The maximum atomic E-state index is 11.6. The Bertz CT molecular complexity index is 364. The minimum Gasteiger partial charge on any atom is -0.460 e. The highest BCUT2D eigenvalue weighted by Crippen LogP contribution is 2.12. The number of carbonyl (C=O) groups excluding carboxylic acids is 1. The Hall–Kier alpha value is -1.06. The first kappa shape index (κ1) is 14.0. The van der Waals surface area contributed by atoms with Crippen molar-refractivity contribution >= 4 is 17.6 Å². The Kier molecular flexibility index (Phi) is 5.45. The van der Waals surface area contributed by atoms with Gasteiger partial charge in [0.15, 0.2) is 0 Å². The van der Waals surface area contributed by atoms with E-state index in [2.05, 4.69) is 0 Å². The van der Waals surface area contributed by atoms with Gasteiger partial charge in [-0.2, -0.15) is 0 Å². The van der Waals surface area contributed by atoms with Crippen LogP contribution in [0.25, 0.3) is 0 Å². The van der Waals surface area contributed by atoms with E-state index in [1.165, 1.54) is 0 Å². The molecule has 0 amide bonds. The van der Waals surface area contributed by atoms with E-state index in [9.17, 15) is 4.79 Å². The van der Waals surface area contributed by atoms with Crippen LogP contribution in [0.2, 0.25) is 5.02 Å². The minimum absolute atomic E-state index is 0.132. The number of nitrogens with two attached hydrogens (primary N) is 1. The number of hydrogen-bond donors (Lipinski definition) is 1. The molecule has 0 saturated heterocycles. The Morgan fingerprint density at radius 3 is 2.53 bits per heavy atom. The Balaban J connectivity index is 2.45. The highest BCUT2D eigenvalue weighted by atomic mass is 35.5. The van der Waals surface area contributed by atoms with Crippen LogP contribution >= 0.6 is 11.6 Å². The molecule has 3 nitrogen and oxygen atoms in total. The van der Waals surface area contributed by atoms with Crippen LogP contribution in [0.1, 0.15) is 25.8 Å². The Labute approximate surface area is 107 Å². The zero-order valence-electron chi connectivity index (χ0n) is 10.2. The van der Waals surface area contributed by atoms with E-state index in [1.54, 1.807) is 12.1 Å². The Morgan fingerprint density at radius 2 is 2.00 bits per heavy atom. The van der Waals surface area contributed by atoms with Crippen LogP contribution in [-0.2, 0) is 16.1 Å². The van der Waals surface area contributed by atoms with Gasteiger partial charge in [0.05, 0.1) is 0 Å². The molecule has 0 aliphatic carbocycles. The molecule has 0 saturated carbocycles. The lowest BCUT2D eigenvalue weighted by Gasteiger charge is -2.16. The molecule has 1 rings (SSSR count). The molecule has 2 N–H and O–H groups in total. The molecule has 17 heavy (non-hydrogen) atoms. The summed E-state index contributed by atoms with van der Waals surface area (Å²) in [6.45, 7) is 4.17. The number of rotatable bonds is 5. The van der Waals surface area contributed by atoms with Gasteiger partial charge in [-0.1, -0.05) is 44.0 Å². The Morgan fingerprint density at radius 1 is 1.41 bits per heavy atom. The van der Waals surface area contributed by atoms with Crippen molar-refractivity contribution in [1.29, 1.82) is 0 Å².